The van der Waals surface area contributed by atoms with Crippen molar-refractivity contribution in [2.45, 2.75) is 17.6 Å². The van der Waals surface area contributed by atoms with Gasteiger partial charge in [-0.1, -0.05) is 17.8 Å². The maximum atomic E-state index is 12.7. The van der Waals surface area contributed by atoms with E-state index < -0.39 is 0 Å². The van der Waals surface area contributed by atoms with E-state index in [1.807, 2.05) is 29.6 Å². The first-order valence-corrected chi connectivity index (χ1v) is 9.13. The van der Waals surface area contributed by atoms with Crippen LogP contribution in [0.1, 0.15) is 23.1 Å². The van der Waals surface area contributed by atoms with Crippen molar-refractivity contribution in [2.75, 3.05) is 5.75 Å². The fourth-order valence-corrected chi connectivity index (χ4v) is 3.94. The van der Waals surface area contributed by atoms with E-state index in [4.69, 9.17) is 4.42 Å². The molecule has 0 unspecified atom stereocenters. The molecule has 0 radical (unpaired) electrons. The molecule has 0 saturated heterocycles. The van der Waals surface area contributed by atoms with Gasteiger partial charge >= 0.3 is 0 Å². The van der Waals surface area contributed by atoms with Gasteiger partial charge in [0.15, 0.2) is 5.16 Å². The van der Waals surface area contributed by atoms with Crippen molar-refractivity contribution in [3.63, 3.8) is 0 Å². The Morgan fingerprint density at radius 3 is 3.12 bits per heavy atom. The van der Waals surface area contributed by atoms with Crippen molar-refractivity contribution in [1.82, 2.24) is 20.2 Å². The summed E-state index contributed by atoms with van der Waals surface area (Å²) in [6.45, 7) is 0. The fraction of sp³-hybridized carbons (Fsp3) is 0.200. The van der Waals surface area contributed by atoms with E-state index in [-0.39, 0.29) is 17.7 Å². The maximum Gasteiger partial charge on any atom is 0.253 e. The number of hydrazone groups is 1. The van der Waals surface area contributed by atoms with E-state index in [0.717, 1.165) is 10.6 Å². The predicted molar refractivity (Wildman–Crippen MR) is 90.9 cm³/mol. The zero-order valence-corrected chi connectivity index (χ0v) is 14.1. The Morgan fingerprint density at radius 2 is 2.42 bits per heavy atom. The molecule has 7 nitrogen and oxygen atoms in total. The number of thiophene rings is 1. The fourth-order valence-electron chi connectivity index (χ4n) is 2.49. The zero-order valence-electron chi connectivity index (χ0n) is 12.5. The van der Waals surface area contributed by atoms with E-state index in [2.05, 4.69) is 20.3 Å². The Bertz CT molecular complexity index is 827. The minimum absolute atomic E-state index is 0.0728. The number of amides is 1. The number of carbonyl (C=O) groups excluding carboxylic acids is 1. The highest BCUT2D eigenvalue weighted by Gasteiger charge is 2.34. The second-order valence-corrected chi connectivity index (χ2v) is 7.02. The zero-order chi connectivity index (χ0) is 16.4. The Hall–Kier alpha value is -2.39. The van der Waals surface area contributed by atoms with Crippen molar-refractivity contribution >= 4 is 34.7 Å². The van der Waals surface area contributed by atoms with Gasteiger partial charge in [0.05, 0.1) is 18.1 Å². The summed E-state index contributed by atoms with van der Waals surface area (Å²) < 4.78 is 5.44. The number of rotatable bonds is 5. The van der Waals surface area contributed by atoms with Gasteiger partial charge in [0, 0.05) is 11.3 Å². The molecule has 4 rings (SSSR count). The Labute approximate surface area is 145 Å². The van der Waals surface area contributed by atoms with Gasteiger partial charge in [0.1, 0.15) is 17.8 Å². The Morgan fingerprint density at radius 1 is 1.46 bits per heavy atom. The number of aromatic nitrogens is 3. The monoisotopic (exact) mass is 359 g/mol. The number of carbonyl (C=O) groups is 1. The first kappa shape index (κ1) is 15.2. The summed E-state index contributed by atoms with van der Waals surface area (Å²) in [5, 5.41) is 15.2. The average molecular weight is 359 g/mol. The van der Waals surface area contributed by atoms with Gasteiger partial charge < -0.3 is 4.42 Å². The molecule has 3 aromatic heterocycles. The van der Waals surface area contributed by atoms with Gasteiger partial charge in [-0.25, -0.2) is 9.99 Å². The van der Waals surface area contributed by atoms with E-state index in [1.165, 1.54) is 18.1 Å². The summed E-state index contributed by atoms with van der Waals surface area (Å²) in [6.07, 6.45) is 3.68. The van der Waals surface area contributed by atoms with Crippen molar-refractivity contribution < 1.29 is 9.21 Å². The standard InChI is InChI=1S/C15H13N5O2S2/c21-14(8-24-15-16-9-17-18-15)20-11(13-4-2-6-23-13)7-10(19-20)12-3-1-5-22-12/h1-6,9,11H,7-8H2,(H,16,17,18)/t11-/m1/s1. The molecule has 1 N–H and O–H groups in total. The van der Waals surface area contributed by atoms with Crippen LogP contribution in [0.5, 0.6) is 0 Å². The summed E-state index contributed by atoms with van der Waals surface area (Å²) in [5.74, 6) is 0.873. The summed E-state index contributed by atoms with van der Waals surface area (Å²) in [4.78, 5) is 17.8. The van der Waals surface area contributed by atoms with Crippen molar-refractivity contribution in [3.05, 3.63) is 52.9 Å². The summed E-state index contributed by atoms with van der Waals surface area (Å²) in [5.41, 5.74) is 0.788. The van der Waals surface area contributed by atoms with Gasteiger partial charge in [-0.05, 0) is 23.6 Å². The number of nitrogens with zero attached hydrogens (tertiary/aromatic N) is 4. The van der Waals surface area contributed by atoms with E-state index in [9.17, 15) is 4.79 Å². The lowest BCUT2D eigenvalue weighted by molar-refractivity contribution is -0.130. The number of hydrogen-bond acceptors (Lipinski definition) is 7. The Balaban J connectivity index is 1.55. The van der Waals surface area contributed by atoms with Crippen LogP contribution in [0.2, 0.25) is 0 Å². The van der Waals surface area contributed by atoms with Gasteiger partial charge in [0.2, 0.25) is 0 Å². The molecular weight excluding hydrogens is 346 g/mol. The smallest absolute Gasteiger partial charge is 0.253 e. The van der Waals surface area contributed by atoms with Crippen LogP contribution in [0, 0.1) is 0 Å². The number of thioether (sulfide) groups is 1. The molecule has 1 atom stereocenters. The minimum atomic E-state index is -0.0899. The number of H-pyrrole nitrogens is 1. The number of furan rings is 1. The van der Waals surface area contributed by atoms with Crippen LogP contribution >= 0.6 is 23.1 Å². The van der Waals surface area contributed by atoms with Gasteiger partial charge in [0.25, 0.3) is 5.91 Å². The van der Waals surface area contributed by atoms with E-state index >= 15 is 0 Å². The highest BCUT2D eigenvalue weighted by molar-refractivity contribution is 7.99. The lowest BCUT2D eigenvalue weighted by atomic mass is 10.1. The number of nitrogens with one attached hydrogen (secondary N) is 1. The highest BCUT2D eigenvalue weighted by Crippen LogP contribution is 2.35. The summed E-state index contributed by atoms with van der Waals surface area (Å²) in [7, 11) is 0. The molecule has 9 heteroatoms. The molecule has 0 spiro atoms. The molecule has 1 aliphatic rings. The summed E-state index contributed by atoms with van der Waals surface area (Å²) in [6, 6.07) is 7.60. The molecule has 0 saturated carbocycles. The predicted octanol–water partition coefficient (Wildman–Crippen LogP) is 2.93. The van der Waals surface area contributed by atoms with Crippen LogP contribution < -0.4 is 0 Å². The first-order chi connectivity index (χ1) is 11.8. The third-order valence-corrected chi connectivity index (χ3v) is 5.40. The van der Waals surface area contributed by atoms with Gasteiger partial charge in [-0.3, -0.25) is 9.89 Å². The van der Waals surface area contributed by atoms with Crippen LogP contribution in [-0.4, -0.2) is 37.6 Å². The number of hydrogen-bond donors (Lipinski definition) is 1. The van der Waals surface area contributed by atoms with E-state index in [1.54, 1.807) is 22.6 Å². The first-order valence-electron chi connectivity index (χ1n) is 7.26. The average Bonchev–Trinajstić information content (AvgIpc) is 3.40. The van der Waals surface area contributed by atoms with Crippen molar-refractivity contribution in [3.8, 4) is 0 Å². The lowest BCUT2D eigenvalue weighted by Crippen LogP contribution is -2.28. The normalized spacial score (nSPS) is 17.2. The second kappa shape index (κ2) is 6.62. The quantitative estimate of drug-likeness (QED) is 0.708. The molecule has 0 aromatic carbocycles. The molecular formula is C15H13N5O2S2. The van der Waals surface area contributed by atoms with Crippen LogP contribution in [-0.2, 0) is 4.79 Å². The molecule has 3 aromatic rings. The minimum Gasteiger partial charge on any atom is -0.463 e. The summed E-state index contributed by atoms with van der Waals surface area (Å²) >= 11 is 2.93. The largest absolute Gasteiger partial charge is 0.463 e. The molecule has 0 bridgehead atoms. The second-order valence-electron chi connectivity index (χ2n) is 5.08. The van der Waals surface area contributed by atoms with Crippen LogP contribution in [0.15, 0.2) is 56.9 Å². The van der Waals surface area contributed by atoms with Gasteiger partial charge in [-0.15, -0.1) is 11.3 Å². The SMILES string of the molecule is O=C(CSc1ncn[nH]1)N1N=C(c2ccco2)C[C@@H]1c1cccs1. The van der Waals surface area contributed by atoms with Gasteiger partial charge in [-0.2, -0.15) is 10.2 Å². The molecule has 122 valence electrons. The third-order valence-electron chi connectivity index (χ3n) is 3.57. The molecule has 1 aliphatic heterocycles. The van der Waals surface area contributed by atoms with Crippen LogP contribution in [0.4, 0.5) is 0 Å². The third kappa shape index (κ3) is 3.00. The molecule has 4 heterocycles. The van der Waals surface area contributed by atoms with Crippen LogP contribution in [0.25, 0.3) is 0 Å². The maximum absolute atomic E-state index is 12.7. The highest BCUT2D eigenvalue weighted by atomic mass is 32.2. The Kier molecular flexibility index (Phi) is 4.18. The van der Waals surface area contributed by atoms with Crippen molar-refractivity contribution in [2.24, 2.45) is 5.10 Å². The van der Waals surface area contributed by atoms with E-state index in [0.29, 0.717) is 17.3 Å². The van der Waals surface area contributed by atoms with Crippen LogP contribution in [0.3, 0.4) is 0 Å². The molecule has 0 fully saturated rings. The molecule has 24 heavy (non-hydrogen) atoms. The number of aromatic amines is 1. The topological polar surface area (TPSA) is 87.4 Å². The van der Waals surface area contributed by atoms with Crippen molar-refractivity contribution in [1.29, 1.82) is 0 Å². The molecule has 1 amide bonds. The lowest BCUT2D eigenvalue weighted by Gasteiger charge is -2.20. The molecule has 0 aliphatic carbocycles.